The van der Waals surface area contributed by atoms with Crippen LogP contribution in [0.2, 0.25) is 0 Å². The largest absolute Gasteiger partial charge is 0.444 e. The molecule has 3 fully saturated rings. The Balaban J connectivity index is 1.60. The molecule has 5 atom stereocenters. The van der Waals surface area contributed by atoms with E-state index in [2.05, 4.69) is 27.3 Å². The number of carbonyl (C=O) groups is 5. The van der Waals surface area contributed by atoms with Crippen molar-refractivity contribution in [1.29, 1.82) is 0 Å². The fourth-order valence-corrected chi connectivity index (χ4v) is 7.48. The van der Waals surface area contributed by atoms with Crippen molar-refractivity contribution < 1.29 is 41.9 Å². The van der Waals surface area contributed by atoms with Crippen LogP contribution >= 0.6 is 0 Å². The Hall–Kier alpha value is -4.14. The van der Waals surface area contributed by atoms with E-state index in [1.54, 1.807) is 41.5 Å². The second-order valence-corrected chi connectivity index (χ2v) is 17.4. The maximum atomic E-state index is 14.3. The van der Waals surface area contributed by atoms with Crippen LogP contribution in [0.5, 0.6) is 0 Å². The maximum absolute atomic E-state index is 14.3. The zero-order valence-electron chi connectivity index (χ0n) is 30.2. The fourth-order valence-electron chi connectivity index (χ4n) is 6.12. The third-order valence-electron chi connectivity index (χ3n) is 9.11. The summed E-state index contributed by atoms with van der Waals surface area (Å²) in [5.74, 6) is -2.81. The molecular weight excluding hydrogens is 666 g/mol. The minimum absolute atomic E-state index is 0.109. The average Bonchev–Trinajstić information content (AvgIpc) is 3.92. The first-order valence-electron chi connectivity index (χ1n) is 17.0. The van der Waals surface area contributed by atoms with E-state index in [9.17, 15) is 32.4 Å². The lowest BCUT2D eigenvalue weighted by Crippen LogP contribution is -2.60. The molecule has 15 heteroatoms. The summed E-state index contributed by atoms with van der Waals surface area (Å²) in [7, 11) is -3.91. The number of hydrogen-bond acceptors (Lipinski definition) is 9. The van der Waals surface area contributed by atoms with E-state index in [-0.39, 0.29) is 19.4 Å². The number of hydrogen-bond donors (Lipinski definition) is 4. The highest BCUT2D eigenvalue weighted by Gasteiger charge is 2.62. The van der Waals surface area contributed by atoms with Crippen LogP contribution in [-0.4, -0.2) is 84.3 Å². The van der Waals surface area contributed by atoms with Crippen molar-refractivity contribution in [3.8, 4) is 0 Å². The number of para-hydroxylation sites is 1. The Morgan fingerprint density at radius 2 is 1.74 bits per heavy atom. The van der Waals surface area contributed by atoms with Gasteiger partial charge >= 0.3 is 12.2 Å². The summed E-state index contributed by atoms with van der Waals surface area (Å²) in [6.07, 6.45) is 0.441. The van der Waals surface area contributed by atoms with Gasteiger partial charge in [0.05, 0.1) is 17.5 Å². The Bertz CT molecular complexity index is 1640. The molecule has 3 aliphatic rings. The molecule has 1 aromatic rings. The lowest BCUT2D eigenvalue weighted by Gasteiger charge is -2.36. The number of benzene rings is 1. The molecular formula is C35H51N5O9S. The van der Waals surface area contributed by atoms with Crippen LogP contribution in [0.4, 0.5) is 15.3 Å². The van der Waals surface area contributed by atoms with E-state index in [0.717, 1.165) is 11.1 Å². The van der Waals surface area contributed by atoms with Gasteiger partial charge in [0, 0.05) is 12.3 Å². The minimum atomic E-state index is -3.91. The van der Waals surface area contributed by atoms with Crippen molar-refractivity contribution >= 4 is 45.6 Å². The number of nitrogens with one attached hydrogen (secondary N) is 4. The smallest absolute Gasteiger partial charge is 0.411 e. The second-order valence-electron chi connectivity index (χ2n) is 15.5. The molecule has 2 unspecified atom stereocenters. The lowest BCUT2D eigenvalue weighted by molar-refractivity contribution is -0.143. The lowest BCUT2D eigenvalue weighted by atomic mass is 9.85. The van der Waals surface area contributed by atoms with Crippen molar-refractivity contribution in [2.24, 2.45) is 11.3 Å². The van der Waals surface area contributed by atoms with Crippen LogP contribution in [0, 0.1) is 18.3 Å². The van der Waals surface area contributed by atoms with Crippen LogP contribution < -0.4 is 20.7 Å². The van der Waals surface area contributed by atoms with Crippen LogP contribution in [0.25, 0.3) is 0 Å². The van der Waals surface area contributed by atoms with Gasteiger partial charge < -0.3 is 25.0 Å². The Morgan fingerprint density at radius 1 is 1.08 bits per heavy atom. The first-order chi connectivity index (χ1) is 23.1. The van der Waals surface area contributed by atoms with Gasteiger partial charge in [-0.1, -0.05) is 52.0 Å². The number of rotatable bonds is 11. The first kappa shape index (κ1) is 38.7. The van der Waals surface area contributed by atoms with E-state index >= 15 is 0 Å². The predicted molar refractivity (Wildman–Crippen MR) is 186 cm³/mol. The number of nitrogens with zero attached hydrogens (tertiary/aromatic N) is 1. The number of alkyl carbamates (subject to hydrolysis) is 1. The molecule has 0 aromatic heterocycles. The van der Waals surface area contributed by atoms with E-state index < -0.39 is 85.8 Å². The third-order valence-corrected chi connectivity index (χ3v) is 10.9. The highest BCUT2D eigenvalue weighted by Crippen LogP contribution is 2.45. The van der Waals surface area contributed by atoms with Crippen molar-refractivity contribution in [3.63, 3.8) is 0 Å². The molecule has 2 aliphatic carbocycles. The summed E-state index contributed by atoms with van der Waals surface area (Å²) in [4.78, 5) is 69.0. The molecule has 4 N–H and O–H groups in total. The normalized spacial score (nSPS) is 24.0. The Morgan fingerprint density at radius 3 is 2.28 bits per heavy atom. The third kappa shape index (κ3) is 8.95. The molecule has 4 rings (SSSR count). The molecule has 2 saturated carbocycles. The molecule has 1 heterocycles. The van der Waals surface area contributed by atoms with E-state index in [1.807, 2.05) is 32.0 Å². The van der Waals surface area contributed by atoms with Gasteiger partial charge in [-0.2, -0.15) is 0 Å². The van der Waals surface area contributed by atoms with E-state index in [1.165, 1.54) is 11.0 Å². The topological polar surface area (TPSA) is 189 Å². The van der Waals surface area contributed by atoms with E-state index in [0.29, 0.717) is 24.9 Å². The maximum Gasteiger partial charge on any atom is 0.411 e. The van der Waals surface area contributed by atoms with Gasteiger partial charge in [0.2, 0.25) is 21.8 Å². The van der Waals surface area contributed by atoms with Crippen molar-refractivity contribution in [2.75, 3.05) is 11.9 Å². The summed E-state index contributed by atoms with van der Waals surface area (Å²) in [5.41, 5.74) is -0.956. The highest BCUT2D eigenvalue weighted by atomic mass is 32.2. The second kappa shape index (κ2) is 14.2. The molecule has 50 heavy (non-hydrogen) atoms. The molecule has 276 valence electrons. The summed E-state index contributed by atoms with van der Waals surface area (Å²) >= 11 is 0. The molecule has 5 amide bonds. The fraction of sp³-hybridized carbons (Fsp3) is 0.629. The van der Waals surface area contributed by atoms with Gasteiger partial charge in [-0.05, 0) is 69.9 Å². The summed E-state index contributed by atoms with van der Waals surface area (Å²) in [6.45, 7) is 17.6. The number of sulfonamides is 1. The van der Waals surface area contributed by atoms with E-state index in [4.69, 9.17) is 9.47 Å². The molecule has 0 radical (unpaired) electrons. The standard InChI is InChI=1S/C35H51N5O9S/c1-10-21-14-12-13-20(3)26(21)36-31(44)48-23-17-25(40(19-23)29(42)27(33(4,5)6)37-32(45)49-34(7,8)9)28(41)38-35(18-22(35)11-2)30(43)39-50(46,47)24-15-16-24/h11-14,22-25,27H,2,10,15-19H2,1,3-9H3,(H,36,44)(H,37,45)(H,38,41)(H,39,43)/t22?,23-,25+,27-,35?/m1/s1. The number of carbonyl (C=O) groups excluding carboxylic acids is 5. The molecule has 0 spiro atoms. The van der Waals surface area contributed by atoms with Crippen molar-refractivity contribution in [3.05, 3.63) is 42.0 Å². The van der Waals surface area contributed by atoms with Gasteiger partial charge in [0.15, 0.2) is 0 Å². The number of amides is 5. The average molecular weight is 718 g/mol. The molecule has 0 bridgehead atoms. The molecule has 14 nitrogen and oxygen atoms in total. The summed E-state index contributed by atoms with van der Waals surface area (Å²) in [6, 6.07) is 3.22. The Kier molecular flexibility index (Phi) is 11.0. The zero-order valence-corrected chi connectivity index (χ0v) is 31.0. The number of ether oxygens (including phenoxy) is 2. The van der Waals surface area contributed by atoms with Gasteiger partial charge in [-0.3, -0.25) is 24.4 Å². The zero-order chi connectivity index (χ0) is 37.4. The van der Waals surface area contributed by atoms with Crippen LogP contribution in [0.3, 0.4) is 0 Å². The van der Waals surface area contributed by atoms with Gasteiger partial charge in [0.1, 0.15) is 29.3 Å². The predicted octanol–water partition coefficient (Wildman–Crippen LogP) is 3.68. The monoisotopic (exact) mass is 717 g/mol. The highest BCUT2D eigenvalue weighted by molar-refractivity contribution is 7.91. The number of aryl methyl sites for hydroxylation is 2. The van der Waals surface area contributed by atoms with Crippen molar-refractivity contribution in [1.82, 2.24) is 20.3 Å². The first-order valence-corrected chi connectivity index (χ1v) is 18.5. The number of anilines is 1. The van der Waals surface area contributed by atoms with Gasteiger partial charge in [-0.15, -0.1) is 6.58 Å². The molecule has 1 saturated heterocycles. The van der Waals surface area contributed by atoms with Crippen LogP contribution in [0.1, 0.15) is 85.3 Å². The van der Waals surface area contributed by atoms with Crippen molar-refractivity contribution in [2.45, 2.75) is 122 Å². The summed E-state index contributed by atoms with van der Waals surface area (Å²) in [5, 5.41) is 7.49. The quantitative estimate of drug-likeness (QED) is 0.248. The van der Waals surface area contributed by atoms with Crippen LogP contribution in [0.15, 0.2) is 30.9 Å². The van der Waals surface area contributed by atoms with Gasteiger partial charge in [0.25, 0.3) is 5.91 Å². The molecule has 1 aromatic carbocycles. The molecule has 1 aliphatic heterocycles. The summed E-state index contributed by atoms with van der Waals surface area (Å²) < 4.78 is 38.5. The Labute approximate surface area is 294 Å². The SMILES string of the molecule is C=CC1CC1(NC(=O)[C@@H]1C[C@@H](OC(=O)Nc2c(C)cccc2CC)CN1C(=O)[C@@H](NC(=O)OC(C)(C)C)C(C)(C)C)C(=O)NS(=O)(=O)C1CC1. The number of likely N-dealkylation sites (tertiary alicyclic amines) is 1. The minimum Gasteiger partial charge on any atom is -0.444 e. The van der Waals surface area contributed by atoms with Gasteiger partial charge in [-0.25, -0.2) is 18.0 Å². The van der Waals surface area contributed by atoms with Crippen LogP contribution in [-0.2, 0) is 40.3 Å².